The molecule has 0 bridgehead atoms. The third kappa shape index (κ3) is 1.85. The van der Waals surface area contributed by atoms with E-state index in [1.54, 1.807) is 12.7 Å². The molecule has 0 aliphatic heterocycles. The van der Waals surface area contributed by atoms with Crippen LogP contribution in [0.25, 0.3) is 0 Å². The van der Waals surface area contributed by atoms with Gasteiger partial charge in [-0.05, 0) is 32.1 Å². The minimum atomic E-state index is -0.0716. The van der Waals surface area contributed by atoms with Gasteiger partial charge in [-0.15, -0.1) is 0 Å². The van der Waals surface area contributed by atoms with Crippen LogP contribution in [0.3, 0.4) is 0 Å². The monoisotopic (exact) mass is 222 g/mol. The Morgan fingerprint density at radius 2 is 2.31 bits per heavy atom. The van der Waals surface area contributed by atoms with E-state index in [1.807, 2.05) is 4.68 Å². The van der Waals surface area contributed by atoms with E-state index in [-0.39, 0.29) is 12.1 Å². The lowest BCUT2D eigenvalue weighted by Gasteiger charge is -2.28. The van der Waals surface area contributed by atoms with E-state index in [4.69, 9.17) is 0 Å². The first-order valence-electron chi connectivity index (χ1n) is 6.04. The highest BCUT2D eigenvalue weighted by atomic mass is 16.3. The van der Waals surface area contributed by atoms with Crippen molar-refractivity contribution in [2.45, 2.75) is 49.7 Å². The summed E-state index contributed by atoms with van der Waals surface area (Å²) in [7, 11) is 0. The van der Waals surface area contributed by atoms with Crippen molar-refractivity contribution in [3.8, 4) is 0 Å². The lowest BCUT2D eigenvalue weighted by molar-refractivity contribution is 0.158. The van der Waals surface area contributed by atoms with Gasteiger partial charge in [0.2, 0.25) is 0 Å². The Hall–Kier alpha value is -0.940. The van der Waals surface area contributed by atoms with Gasteiger partial charge in [-0.3, -0.25) is 0 Å². The molecular weight excluding hydrogens is 204 g/mol. The quantitative estimate of drug-likeness (QED) is 0.778. The molecule has 2 fully saturated rings. The first-order chi connectivity index (χ1) is 7.81. The molecule has 0 saturated heterocycles. The Balaban J connectivity index is 1.69. The smallest absolute Gasteiger partial charge is 0.137 e. The number of aromatic nitrogens is 3. The number of rotatable bonds is 4. The van der Waals surface area contributed by atoms with Gasteiger partial charge in [0.25, 0.3) is 0 Å². The van der Waals surface area contributed by atoms with E-state index in [0.717, 1.165) is 19.3 Å². The van der Waals surface area contributed by atoms with Gasteiger partial charge in [0.1, 0.15) is 12.7 Å². The molecule has 3 rings (SSSR count). The van der Waals surface area contributed by atoms with Gasteiger partial charge in [0.15, 0.2) is 0 Å². The van der Waals surface area contributed by atoms with Crippen molar-refractivity contribution in [3.63, 3.8) is 0 Å². The van der Waals surface area contributed by atoms with Gasteiger partial charge >= 0.3 is 0 Å². The Bertz CT molecular complexity index is 349. The molecule has 16 heavy (non-hydrogen) atoms. The summed E-state index contributed by atoms with van der Waals surface area (Å²) in [6.45, 7) is 0.231. The fourth-order valence-corrected chi connectivity index (χ4v) is 2.71. The van der Waals surface area contributed by atoms with Gasteiger partial charge in [-0.1, -0.05) is 0 Å². The van der Waals surface area contributed by atoms with E-state index < -0.39 is 0 Å². The highest BCUT2D eigenvalue weighted by molar-refractivity contribution is 5.01. The van der Waals surface area contributed by atoms with Gasteiger partial charge in [-0.25, -0.2) is 9.67 Å². The SMILES string of the molecule is OCC1(NC2CC2)CCC(n2cncn2)C1. The summed E-state index contributed by atoms with van der Waals surface area (Å²) < 4.78 is 1.92. The normalized spacial score (nSPS) is 34.4. The largest absolute Gasteiger partial charge is 0.394 e. The van der Waals surface area contributed by atoms with Crippen molar-refractivity contribution < 1.29 is 5.11 Å². The molecule has 1 aromatic heterocycles. The fourth-order valence-electron chi connectivity index (χ4n) is 2.71. The molecule has 1 heterocycles. The van der Waals surface area contributed by atoms with E-state index in [9.17, 15) is 5.11 Å². The Morgan fingerprint density at radius 3 is 2.94 bits per heavy atom. The first kappa shape index (κ1) is 10.2. The summed E-state index contributed by atoms with van der Waals surface area (Å²) in [5.41, 5.74) is -0.0716. The lowest BCUT2D eigenvalue weighted by Crippen LogP contribution is -2.47. The van der Waals surface area contributed by atoms with Crippen LogP contribution in [0.2, 0.25) is 0 Å². The number of hydrogen-bond donors (Lipinski definition) is 2. The summed E-state index contributed by atoms with van der Waals surface area (Å²) in [5, 5.41) is 17.4. The van der Waals surface area contributed by atoms with Gasteiger partial charge in [0, 0.05) is 11.6 Å². The summed E-state index contributed by atoms with van der Waals surface area (Å²) in [6.07, 6.45) is 8.94. The average Bonchev–Trinajstić information content (AvgIpc) is 2.84. The highest BCUT2D eigenvalue weighted by Gasteiger charge is 2.42. The molecule has 2 unspecified atom stereocenters. The molecule has 2 aliphatic rings. The van der Waals surface area contributed by atoms with Crippen LogP contribution in [-0.2, 0) is 0 Å². The average molecular weight is 222 g/mol. The Labute approximate surface area is 94.9 Å². The highest BCUT2D eigenvalue weighted by Crippen LogP contribution is 2.39. The van der Waals surface area contributed by atoms with Crippen molar-refractivity contribution in [2.24, 2.45) is 0 Å². The first-order valence-corrected chi connectivity index (χ1v) is 6.04. The molecule has 0 amide bonds. The zero-order valence-corrected chi connectivity index (χ0v) is 9.34. The van der Waals surface area contributed by atoms with E-state index in [2.05, 4.69) is 15.4 Å². The number of aliphatic hydroxyl groups is 1. The van der Waals surface area contributed by atoms with Gasteiger partial charge in [0.05, 0.1) is 12.6 Å². The maximum Gasteiger partial charge on any atom is 0.137 e. The summed E-state index contributed by atoms with van der Waals surface area (Å²) in [4.78, 5) is 3.98. The minimum Gasteiger partial charge on any atom is -0.394 e. The number of aliphatic hydroxyl groups excluding tert-OH is 1. The zero-order valence-electron chi connectivity index (χ0n) is 9.34. The number of nitrogens with one attached hydrogen (secondary N) is 1. The standard InChI is InChI=1S/C11H18N4O/c16-6-11(14-9-1-2-9)4-3-10(5-11)15-8-12-7-13-15/h7-10,14,16H,1-6H2. The van der Waals surface area contributed by atoms with Crippen LogP contribution in [0.5, 0.6) is 0 Å². The molecule has 0 radical (unpaired) electrons. The third-order valence-electron chi connectivity index (χ3n) is 3.78. The molecule has 1 aromatic rings. The predicted octanol–water partition coefficient (Wildman–Crippen LogP) is 0.486. The van der Waals surface area contributed by atoms with Crippen LogP contribution in [0, 0.1) is 0 Å². The molecule has 5 heteroatoms. The molecule has 2 N–H and O–H groups in total. The zero-order chi connectivity index (χ0) is 11.0. The van der Waals surface area contributed by atoms with Crippen LogP contribution in [0.1, 0.15) is 38.1 Å². The van der Waals surface area contributed by atoms with E-state index >= 15 is 0 Å². The number of hydrogen-bond acceptors (Lipinski definition) is 4. The van der Waals surface area contributed by atoms with Crippen molar-refractivity contribution in [3.05, 3.63) is 12.7 Å². The molecule has 2 atom stereocenters. The van der Waals surface area contributed by atoms with Crippen LogP contribution >= 0.6 is 0 Å². The van der Waals surface area contributed by atoms with E-state index in [0.29, 0.717) is 12.1 Å². The maximum absolute atomic E-state index is 9.60. The Kier molecular flexibility index (Phi) is 2.44. The summed E-state index contributed by atoms with van der Waals surface area (Å²) in [5.74, 6) is 0. The van der Waals surface area contributed by atoms with Crippen molar-refractivity contribution >= 4 is 0 Å². The van der Waals surface area contributed by atoms with Crippen LogP contribution in [0.15, 0.2) is 12.7 Å². The topological polar surface area (TPSA) is 63.0 Å². The summed E-state index contributed by atoms with van der Waals surface area (Å²) >= 11 is 0. The minimum absolute atomic E-state index is 0.0716. The molecule has 0 aromatic carbocycles. The third-order valence-corrected chi connectivity index (χ3v) is 3.78. The van der Waals surface area contributed by atoms with Crippen molar-refractivity contribution in [1.82, 2.24) is 20.1 Å². The fraction of sp³-hybridized carbons (Fsp3) is 0.818. The van der Waals surface area contributed by atoms with Crippen molar-refractivity contribution in [1.29, 1.82) is 0 Å². The molecule has 2 saturated carbocycles. The van der Waals surface area contributed by atoms with Crippen LogP contribution in [-0.4, -0.2) is 38.1 Å². The number of nitrogens with zero attached hydrogens (tertiary/aromatic N) is 3. The Morgan fingerprint density at radius 1 is 1.44 bits per heavy atom. The molecule has 2 aliphatic carbocycles. The van der Waals surface area contributed by atoms with E-state index in [1.165, 1.54) is 12.8 Å². The van der Waals surface area contributed by atoms with Crippen molar-refractivity contribution in [2.75, 3.05) is 6.61 Å². The second-order valence-electron chi connectivity index (χ2n) is 5.13. The maximum atomic E-state index is 9.60. The van der Waals surface area contributed by atoms with Crippen LogP contribution in [0.4, 0.5) is 0 Å². The molecular formula is C11H18N4O. The van der Waals surface area contributed by atoms with Gasteiger partial charge in [-0.2, -0.15) is 5.10 Å². The predicted molar refractivity (Wildman–Crippen MR) is 58.9 cm³/mol. The molecule has 0 spiro atoms. The summed E-state index contributed by atoms with van der Waals surface area (Å²) in [6, 6.07) is 1.03. The second-order valence-corrected chi connectivity index (χ2v) is 5.13. The molecule has 88 valence electrons. The second kappa shape index (κ2) is 3.82. The lowest BCUT2D eigenvalue weighted by atomic mass is 9.98. The van der Waals surface area contributed by atoms with Crippen LogP contribution < -0.4 is 5.32 Å². The molecule has 5 nitrogen and oxygen atoms in total. The van der Waals surface area contributed by atoms with Gasteiger partial charge < -0.3 is 10.4 Å².